The summed E-state index contributed by atoms with van der Waals surface area (Å²) in [5.41, 5.74) is 2.82. The van der Waals surface area contributed by atoms with Gasteiger partial charge in [-0.05, 0) is 36.6 Å². The maximum absolute atomic E-state index is 12.6. The van der Waals surface area contributed by atoms with Crippen molar-refractivity contribution in [2.45, 2.75) is 24.2 Å². The van der Waals surface area contributed by atoms with Crippen LogP contribution >= 0.6 is 11.8 Å². The van der Waals surface area contributed by atoms with Gasteiger partial charge in [-0.15, -0.1) is 11.8 Å². The number of benzene rings is 1. The largest absolute Gasteiger partial charge is 0.481 e. The van der Waals surface area contributed by atoms with Crippen molar-refractivity contribution in [2.75, 3.05) is 5.75 Å². The Balaban J connectivity index is 2.11. The summed E-state index contributed by atoms with van der Waals surface area (Å²) < 4.78 is 4.97. The Morgan fingerprint density at radius 1 is 1.38 bits per heavy atom. The number of carboxylic acid groups (broad SMARTS) is 1. The fraction of sp³-hybridized carbons (Fsp3) is 0.250. The van der Waals surface area contributed by atoms with Gasteiger partial charge in [0.25, 0.3) is 0 Å². The molecule has 0 fully saturated rings. The molecule has 0 bridgehead atoms. The maximum Gasteiger partial charge on any atom is 0.310 e. The number of rotatable bonds is 4. The Labute approximate surface area is 126 Å². The smallest absolute Gasteiger partial charge is 0.310 e. The van der Waals surface area contributed by atoms with Gasteiger partial charge in [0, 0.05) is 16.2 Å². The predicted octanol–water partition coefficient (Wildman–Crippen LogP) is 3.35. The van der Waals surface area contributed by atoms with Crippen LogP contribution in [0, 0.1) is 0 Å². The second-order valence-electron chi connectivity index (χ2n) is 5.06. The lowest BCUT2D eigenvalue weighted by Crippen LogP contribution is -2.10. The number of carboxylic acids is 1. The normalized spacial score (nSPS) is 14.7. The van der Waals surface area contributed by atoms with Crippen molar-refractivity contribution in [3.8, 4) is 0 Å². The summed E-state index contributed by atoms with van der Waals surface area (Å²) in [5, 5.41) is 9.19. The first-order valence-corrected chi connectivity index (χ1v) is 7.66. The van der Waals surface area contributed by atoms with Crippen LogP contribution in [-0.4, -0.2) is 22.6 Å². The van der Waals surface area contributed by atoms with Crippen molar-refractivity contribution >= 4 is 23.5 Å². The highest BCUT2D eigenvalue weighted by Gasteiger charge is 2.25. The summed E-state index contributed by atoms with van der Waals surface area (Å²) >= 11 is 1.65. The molecule has 0 radical (unpaired) electrons. The second kappa shape index (κ2) is 5.41. The Bertz CT molecular complexity index is 703. The standard InChI is InChI=1S/C16H14O4S/c1-9(16(18)19)12-6-10-3-5-21-15(10)13(7-12)14(17)11-2-4-20-8-11/h2,4,6-9H,3,5H2,1H3,(H,18,19). The summed E-state index contributed by atoms with van der Waals surface area (Å²) in [6.45, 7) is 1.64. The average Bonchev–Trinajstić information content (AvgIpc) is 3.15. The van der Waals surface area contributed by atoms with Crippen molar-refractivity contribution in [2.24, 2.45) is 0 Å². The van der Waals surface area contributed by atoms with Gasteiger partial charge in [-0.1, -0.05) is 6.07 Å². The van der Waals surface area contributed by atoms with E-state index in [0.717, 1.165) is 22.6 Å². The molecule has 108 valence electrons. The maximum atomic E-state index is 12.6. The van der Waals surface area contributed by atoms with Crippen LogP contribution in [0.1, 0.15) is 39.9 Å². The minimum atomic E-state index is -0.887. The molecule has 0 saturated carbocycles. The fourth-order valence-electron chi connectivity index (χ4n) is 2.44. The molecule has 1 aromatic carbocycles. The molecule has 5 heteroatoms. The van der Waals surface area contributed by atoms with Gasteiger partial charge >= 0.3 is 5.97 Å². The van der Waals surface area contributed by atoms with Gasteiger partial charge in [0.05, 0.1) is 17.7 Å². The van der Waals surface area contributed by atoms with E-state index < -0.39 is 11.9 Å². The number of furan rings is 1. The molecule has 1 aliphatic heterocycles. The summed E-state index contributed by atoms with van der Waals surface area (Å²) in [7, 11) is 0. The van der Waals surface area contributed by atoms with Crippen LogP contribution in [-0.2, 0) is 11.2 Å². The molecular formula is C16H14O4S. The first-order chi connectivity index (χ1) is 10.1. The number of thioether (sulfide) groups is 1. The van der Waals surface area contributed by atoms with Crippen LogP contribution in [0.3, 0.4) is 0 Å². The molecule has 21 heavy (non-hydrogen) atoms. The molecule has 0 saturated heterocycles. The molecule has 2 aromatic rings. The molecule has 4 nitrogen and oxygen atoms in total. The van der Waals surface area contributed by atoms with Crippen molar-refractivity contribution in [3.63, 3.8) is 0 Å². The van der Waals surface area contributed by atoms with Crippen LogP contribution < -0.4 is 0 Å². The molecule has 2 heterocycles. The van der Waals surface area contributed by atoms with Crippen molar-refractivity contribution in [3.05, 3.63) is 53.0 Å². The highest BCUT2D eigenvalue weighted by molar-refractivity contribution is 7.99. The molecule has 3 rings (SSSR count). The molecular weight excluding hydrogens is 288 g/mol. The molecule has 1 aliphatic rings. The van der Waals surface area contributed by atoms with E-state index >= 15 is 0 Å². The van der Waals surface area contributed by atoms with Crippen LogP contribution in [0.2, 0.25) is 0 Å². The highest BCUT2D eigenvalue weighted by atomic mass is 32.2. The molecule has 0 amide bonds. The molecule has 1 aromatic heterocycles. The Morgan fingerprint density at radius 3 is 2.86 bits per heavy atom. The average molecular weight is 302 g/mol. The zero-order valence-electron chi connectivity index (χ0n) is 11.5. The van der Waals surface area contributed by atoms with Gasteiger partial charge in [0.1, 0.15) is 6.26 Å². The van der Waals surface area contributed by atoms with Crippen molar-refractivity contribution in [1.82, 2.24) is 0 Å². The molecule has 1 unspecified atom stereocenters. The molecule has 1 N–H and O–H groups in total. The summed E-state index contributed by atoms with van der Waals surface area (Å²) in [6, 6.07) is 5.26. The fourth-order valence-corrected chi connectivity index (χ4v) is 3.62. The molecule has 1 atom stereocenters. The predicted molar refractivity (Wildman–Crippen MR) is 79.1 cm³/mol. The highest BCUT2D eigenvalue weighted by Crippen LogP contribution is 2.37. The number of carbonyl (C=O) groups is 2. The zero-order chi connectivity index (χ0) is 15.0. The number of aliphatic carboxylic acids is 1. The van der Waals surface area contributed by atoms with Gasteiger partial charge < -0.3 is 9.52 Å². The third-order valence-electron chi connectivity index (χ3n) is 3.70. The second-order valence-corrected chi connectivity index (χ2v) is 6.16. The van der Waals surface area contributed by atoms with Crippen LogP contribution in [0.5, 0.6) is 0 Å². The minimum Gasteiger partial charge on any atom is -0.481 e. The van der Waals surface area contributed by atoms with Gasteiger partial charge in [0.2, 0.25) is 0 Å². The van der Waals surface area contributed by atoms with E-state index in [9.17, 15) is 14.7 Å². The van der Waals surface area contributed by atoms with E-state index in [4.69, 9.17) is 4.42 Å². The van der Waals surface area contributed by atoms with Crippen LogP contribution in [0.4, 0.5) is 0 Å². The number of hydrogen-bond donors (Lipinski definition) is 1. The van der Waals surface area contributed by atoms with E-state index in [1.54, 1.807) is 30.8 Å². The Hall–Kier alpha value is -2.01. The Morgan fingerprint density at radius 2 is 2.19 bits per heavy atom. The monoisotopic (exact) mass is 302 g/mol. The molecule has 0 spiro atoms. The van der Waals surface area contributed by atoms with E-state index in [1.165, 1.54) is 12.5 Å². The SMILES string of the molecule is CC(C(=O)O)c1cc2c(c(C(=O)c3ccoc3)c1)SCC2. The topological polar surface area (TPSA) is 67.5 Å². The third-order valence-corrected chi connectivity index (χ3v) is 4.88. The first-order valence-electron chi connectivity index (χ1n) is 6.67. The van der Waals surface area contributed by atoms with E-state index in [0.29, 0.717) is 16.7 Å². The Kier molecular flexibility index (Phi) is 3.59. The number of aryl methyl sites for hydroxylation is 1. The number of hydrogen-bond acceptors (Lipinski definition) is 4. The van der Waals surface area contributed by atoms with Crippen molar-refractivity contribution in [1.29, 1.82) is 0 Å². The van der Waals surface area contributed by atoms with E-state index in [2.05, 4.69) is 0 Å². The van der Waals surface area contributed by atoms with Crippen molar-refractivity contribution < 1.29 is 19.1 Å². The number of ketones is 1. The lowest BCUT2D eigenvalue weighted by Gasteiger charge is -2.12. The molecule has 0 aliphatic carbocycles. The zero-order valence-corrected chi connectivity index (χ0v) is 12.3. The van der Waals surface area contributed by atoms with E-state index in [-0.39, 0.29) is 5.78 Å². The van der Waals surface area contributed by atoms with Gasteiger partial charge in [-0.25, -0.2) is 0 Å². The number of fused-ring (bicyclic) bond motifs is 1. The van der Waals surface area contributed by atoms with Gasteiger partial charge in [-0.3, -0.25) is 9.59 Å². The van der Waals surface area contributed by atoms with Gasteiger partial charge in [-0.2, -0.15) is 0 Å². The van der Waals surface area contributed by atoms with Gasteiger partial charge in [0.15, 0.2) is 5.78 Å². The summed E-state index contributed by atoms with van der Waals surface area (Å²) in [5.74, 6) is -0.709. The first kappa shape index (κ1) is 13.9. The van der Waals surface area contributed by atoms with Crippen LogP contribution in [0.25, 0.3) is 0 Å². The third kappa shape index (κ3) is 2.49. The number of carbonyl (C=O) groups excluding carboxylic acids is 1. The quantitative estimate of drug-likeness (QED) is 0.877. The van der Waals surface area contributed by atoms with Crippen LogP contribution in [0.15, 0.2) is 40.0 Å². The minimum absolute atomic E-state index is 0.117. The summed E-state index contributed by atoms with van der Waals surface area (Å²) in [6.07, 6.45) is 3.75. The van der Waals surface area contributed by atoms with E-state index in [1.807, 2.05) is 6.07 Å². The lowest BCUT2D eigenvalue weighted by molar-refractivity contribution is -0.138. The lowest BCUT2D eigenvalue weighted by atomic mass is 9.93. The summed E-state index contributed by atoms with van der Waals surface area (Å²) in [4.78, 5) is 24.8.